The van der Waals surface area contributed by atoms with E-state index in [1.165, 1.54) is 6.07 Å². The first-order chi connectivity index (χ1) is 7.54. The lowest BCUT2D eigenvalue weighted by Crippen LogP contribution is -2.35. The maximum Gasteiger partial charge on any atom is 0.239 e. The molecule has 1 aromatic carbocycles. The average Bonchev–Trinajstić information content (AvgIpc) is 2.17. The third-order valence-corrected chi connectivity index (χ3v) is 2.14. The first-order valence-electron chi connectivity index (χ1n) is 5.07. The molecule has 0 radical (unpaired) electrons. The van der Waals surface area contributed by atoms with E-state index in [4.69, 9.17) is 5.73 Å². The van der Waals surface area contributed by atoms with Crippen LogP contribution in [0.15, 0.2) is 18.2 Å². The smallest absolute Gasteiger partial charge is 0.239 e. The Labute approximate surface area is 94.2 Å². The van der Waals surface area contributed by atoms with Crippen molar-refractivity contribution in [3.63, 3.8) is 0 Å². The first kappa shape index (κ1) is 12.3. The number of carbonyl (C=O) groups excluding carboxylic acids is 1. The van der Waals surface area contributed by atoms with E-state index in [-0.39, 0.29) is 12.5 Å². The summed E-state index contributed by atoms with van der Waals surface area (Å²) in [6.45, 7) is 2.52. The third-order valence-electron chi connectivity index (χ3n) is 2.14. The highest BCUT2D eigenvalue weighted by Crippen LogP contribution is 2.19. The van der Waals surface area contributed by atoms with Gasteiger partial charge in [-0.25, -0.2) is 4.39 Å². The molecule has 0 saturated carbocycles. The van der Waals surface area contributed by atoms with E-state index in [0.717, 1.165) is 0 Å². The second-order valence-corrected chi connectivity index (χ2v) is 3.52. The summed E-state index contributed by atoms with van der Waals surface area (Å²) in [7, 11) is 1.66. The standard InChI is InChI=1S/C11H16FN3O/c1-3-14-11(16)7-15(2)10-5-4-8(13)6-9(10)12/h4-6H,3,7,13H2,1-2H3,(H,14,16). The van der Waals surface area contributed by atoms with Crippen molar-refractivity contribution in [2.24, 2.45) is 0 Å². The van der Waals surface area contributed by atoms with Crippen molar-refractivity contribution in [1.82, 2.24) is 5.32 Å². The molecule has 0 spiro atoms. The molecule has 4 nitrogen and oxygen atoms in total. The Morgan fingerprint density at radius 1 is 1.56 bits per heavy atom. The fourth-order valence-electron chi connectivity index (χ4n) is 1.39. The van der Waals surface area contributed by atoms with Gasteiger partial charge in [-0.3, -0.25) is 4.79 Å². The van der Waals surface area contributed by atoms with E-state index in [9.17, 15) is 9.18 Å². The van der Waals surface area contributed by atoms with Crippen molar-refractivity contribution in [3.05, 3.63) is 24.0 Å². The van der Waals surface area contributed by atoms with Crippen LogP contribution in [0.1, 0.15) is 6.92 Å². The minimum Gasteiger partial charge on any atom is -0.399 e. The molecule has 1 amide bonds. The summed E-state index contributed by atoms with van der Waals surface area (Å²) in [6, 6.07) is 4.40. The average molecular weight is 225 g/mol. The van der Waals surface area contributed by atoms with Crippen molar-refractivity contribution in [1.29, 1.82) is 0 Å². The van der Waals surface area contributed by atoms with Crippen LogP contribution in [0.3, 0.4) is 0 Å². The monoisotopic (exact) mass is 225 g/mol. The maximum atomic E-state index is 13.5. The summed E-state index contributed by atoms with van der Waals surface area (Å²) in [5.41, 5.74) is 6.17. The maximum absolute atomic E-state index is 13.5. The number of likely N-dealkylation sites (N-methyl/N-ethyl adjacent to an activating group) is 2. The largest absolute Gasteiger partial charge is 0.399 e. The molecule has 16 heavy (non-hydrogen) atoms. The van der Waals surface area contributed by atoms with Gasteiger partial charge in [0.25, 0.3) is 0 Å². The quantitative estimate of drug-likeness (QED) is 0.751. The van der Waals surface area contributed by atoms with Gasteiger partial charge in [-0.05, 0) is 25.1 Å². The first-order valence-corrected chi connectivity index (χ1v) is 5.07. The van der Waals surface area contributed by atoms with Crippen molar-refractivity contribution in [2.75, 3.05) is 30.8 Å². The molecule has 0 fully saturated rings. The van der Waals surface area contributed by atoms with Gasteiger partial charge in [-0.15, -0.1) is 0 Å². The van der Waals surface area contributed by atoms with Gasteiger partial charge in [-0.1, -0.05) is 0 Å². The molecular formula is C11H16FN3O. The van der Waals surface area contributed by atoms with Gasteiger partial charge in [0.15, 0.2) is 0 Å². The zero-order chi connectivity index (χ0) is 12.1. The highest BCUT2D eigenvalue weighted by molar-refractivity contribution is 5.81. The van der Waals surface area contributed by atoms with E-state index >= 15 is 0 Å². The Kier molecular flexibility index (Phi) is 4.10. The molecule has 0 aliphatic heterocycles. The molecule has 1 rings (SSSR count). The highest BCUT2D eigenvalue weighted by Gasteiger charge is 2.10. The zero-order valence-electron chi connectivity index (χ0n) is 9.46. The van der Waals surface area contributed by atoms with Crippen LogP contribution in [-0.2, 0) is 4.79 Å². The predicted octanol–water partition coefficient (Wildman–Crippen LogP) is 0.980. The number of hydrogen-bond donors (Lipinski definition) is 2. The second kappa shape index (κ2) is 5.34. The van der Waals surface area contributed by atoms with E-state index in [0.29, 0.717) is 17.9 Å². The minimum atomic E-state index is -0.424. The van der Waals surface area contributed by atoms with Gasteiger partial charge < -0.3 is 16.0 Å². The Morgan fingerprint density at radius 3 is 2.81 bits per heavy atom. The summed E-state index contributed by atoms with van der Waals surface area (Å²) >= 11 is 0. The molecule has 0 unspecified atom stereocenters. The molecule has 0 saturated heterocycles. The van der Waals surface area contributed by atoms with Crippen LogP contribution in [0.4, 0.5) is 15.8 Å². The summed E-state index contributed by atoms with van der Waals surface area (Å²) in [4.78, 5) is 12.8. The zero-order valence-corrected chi connectivity index (χ0v) is 9.46. The van der Waals surface area contributed by atoms with E-state index in [2.05, 4.69) is 5.32 Å². The van der Waals surface area contributed by atoms with Gasteiger partial charge in [0.2, 0.25) is 5.91 Å². The summed E-state index contributed by atoms with van der Waals surface area (Å²) < 4.78 is 13.5. The molecule has 0 aromatic heterocycles. The van der Waals surface area contributed by atoms with Crippen LogP contribution in [0.2, 0.25) is 0 Å². The Hall–Kier alpha value is -1.78. The molecule has 0 atom stereocenters. The lowest BCUT2D eigenvalue weighted by atomic mass is 10.2. The lowest BCUT2D eigenvalue weighted by Gasteiger charge is -2.19. The van der Waals surface area contributed by atoms with Crippen LogP contribution in [-0.4, -0.2) is 26.0 Å². The van der Waals surface area contributed by atoms with Crippen LogP contribution in [0.25, 0.3) is 0 Å². The lowest BCUT2D eigenvalue weighted by molar-refractivity contribution is -0.119. The van der Waals surface area contributed by atoms with E-state index < -0.39 is 5.82 Å². The Bertz CT molecular complexity index is 381. The number of amides is 1. The van der Waals surface area contributed by atoms with Crippen LogP contribution >= 0.6 is 0 Å². The van der Waals surface area contributed by atoms with E-state index in [1.54, 1.807) is 24.1 Å². The second-order valence-electron chi connectivity index (χ2n) is 3.52. The molecule has 0 heterocycles. The van der Waals surface area contributed by atoms with Gasteiger partial charge in [0.05, 0.1) is 12.2 Å². The van der Waals surface area contributed by atoms with Crippen molar-refractivity contribution < 1.29 is 9.18 Å². The SMILES string of the molecule is CCNC(=O)CN(C)c1ccc(N)cc1F. The molecule has 0 aliphatic rings. The number of nitrogen functional groups attached to an aromatic ring is 1. The summed E-state index contributed by atoms with van der Waals surface area (Å²) in [5.74, 6) is -0.562. The molecule has 5 heteroatoms. The van der Waals surface area contributed by atoms with Gasteiger partial charge in [0, 0.05) is 19.3 Å². The third kappa shape index (κ3) is 3.12. The van der Waals surface area contributed by atoms with Crippen molar-refractivity contribution in [3.8, 4) is 0 Å². The fourth-order valence-corrected chi connectivity index (χ4v) is 1.39. The van der Waals surface area contributed by atoms with Crippen LogP contribution in [0, 0.1) is 5.82 Å². The van der Waals surface area contributed by atoms with E-state index in [1.807, 2.05) is 6.92 Å². The number of halogens is 1. The molecule has 88 valence electrons. The van der Waals surface area contributed by atoms with Crippen molar-refractivity contribution >= 4 is 17.3 Å². The number of nitrogens with one attached hydrogen (secondary N) is 1. The van der Waals surface area contributed by atoms with Crippen LogP contribution in [0.5, 0.6) is 0 Å². The van der Waals surface area contributed by atoms with Gasteiger partial charge >= 0.3 is 0 Å². The normalized spacial score (nSPS) is 9.94. The number of rotatable bonds is 4. The highest BCUT2D eigenvalue weighted by atomic mass is 19.1. The summed E-state index contributed by atoms with van der Waals surface area (Å²) in [5, 5.41) is 2.65. The number of nitrogens with two attached hydrogens (primary N) is 1. The van der Waals surface area contributed by atoms with Gasteiger partial charge in [0.1, 0.15) is 5.82 Å². The number of carbonyl (C=O) groups is 1. The predicted molar refractivity (Wildman–Crippen MR) is 62.8 cm³/mol. The number of hydrogen-bond acceptors (Lipinski definition) is 3. The number of nitrogens with zero attached hydrogens (tertiary/aromatic N) is 1. The fraction of sp³-hybridized carbons (Fsp3) is 0.364. The topological polar surface area (TPSA) is 58.4 Å². The minimum absolute atomic E-state index is 0.120. The number of benzene rings is 1. The molecule has 0 bridgehead atoms. The molecule has 0 aliphatic carbocycles. The van der Waals surface area contributed by atoms with Crippen LogP contribution < -0.4 is 16.0 Å². The Morgan fingerprint density at radius 2 is 2.25 bits per heavy atom. The molecule has 3 N–H and O–H groups in total. The molecular weight excluding hydrogens is 209 g/mol. The van der Waals surface area contributed by atoms with Gasteiger partial charge in [-0.2, -0.15) is 0 Å². The molecule has 1 aromatic rings. The van der Waals surface area contributed by atoms with Crippen molar-refractivity contribution in [2.45, 2.75) is 6.92 Å². The number of anilines is 2. The Balaban J connectivity index is 2.72. The summed E-state index contributed by atoms with van der Waals surface area (Å²) in [6.07, 6.45) is 0.